The normalized spacial score (nSPS) is 17.6. The topological polar surface area (TPSA) is 77.5 Å². The van der Waals surface area contributed by atoms with Crippen LogP contribution in [-0.2, 0) is 14.3 Å². The highest BCUT2D eigenvalue weighted by Crippen LogP contribution is 2.35. The van der Waals surface area contributed by atoms with Crippen molar-refractivity contribution in [3.63, 3.8) is 0 Å². The van der Waals surface area contributed by atoms with Crippen LogP contribution in [0, 0.1) is 6.92 Å². The third kappa shape index (κ3) is 2.69. The van der Waals surface area contributed by atoms with E-state index in [-0.39, 0.29) is 5.91 Å². The first-order chi connectivity index (χ1) is 10.6. The Balaban J connectivity index is 2.01. The van der Waals surface area contributed by atoms with Crippen molar-refractivity contribution in [2.75, 3.05) is 19.0 Å². The fraction of sp³-hybridized carbons (Fsp3) is 0.400. The summed E-state index contributed by atoms with van der Waals surface area (Å²) in [5.41, 5.74) is 1.31. The van der Waals surface area contributed by atoms with Gasteiger partial charge in [0.2, 0.25) is 0 Å². The number of nitrogens with zero attached hydrogens (tertiary/aromatic N) is 1. The number of fused-ring (bicyclic) bond motifs is 1. The monoisotopic (exact) mass is 320 g/mol. The molecule has 1 aliphatic rings. The zero-order valence-corrected chi connectivity index (χ0v) is 13.2. The van der Waals surface area contributed by atoms with E-state index in [0.29, 0.717) is 28.4 Å². The van der Waals surface area contributed by atoms with E-state index in [0.717, 1.165) is 17.5 Å². The van der Waals surface area contributed by atoms with Crippen LogP contribution < -0.4 is 5.32 Å². The third-order valence-corrected chi connectivity index (χ3v) is 4.62. The number of nitrogens with one attached hydrogen (secondary N) is 1. The van der Waals surface area contributed by atoms with Gasteiger partial charge in [-0.25, -0.2) is 9.78 Å². The Morgan fingerprint density at radius 1 is 1.45 bits per heavy atom. The van der Waals surface area contributed by atoms with Crippen LogP contribution in [0.5, 0.6) is 0 Å². The summed E-state index contributed by atoms with van der Waals surface area (Å²) in [7, 11) is 1.32. The highest BCUT2D eigenvalue weighted by Gasteiger charge is 2.27. The zero-order chi connectivity index (χ0) is 15.7. The number of esters is 1. The molecule has 1 aliphatic heterocycles. The van der Waals surface area contributed by atoms with Gasteiger partial charge in [-0.15, -0.1) is 11.3 Å². The molecule has 1 amide bonds. The van der Waals surface area contributed by atoms with Gasteiger partial charge in [0.05, 0.1) is 12.8 Å². The number of pyridine rings is 1. The van der Waals surface area contributed by atoms with Crippen molar-refractivity contribution in [1.29, 1.82) is 0 Å². The summed E-state index contributed by atoms with van der Waals surface area (Å²) in [5.74, 6) is -0.716. The minimum absolute atomic E-state index is 0.233. The summed E-state index contributed by atoms with van der Waals surface area (Å²) in [4.78, 5) is 29.7. The molecule has 3 rings (SSSR count). The van der Waals surface area contributed by atoms with E-state index in [4.69, 9.17) is 9.47 Å². The Kier molecular flexibility index (Phi) is 4.08. The molecule has 0 aromatic carbocycles. The summed E-state index contributed by atoms with van der Waals surface area (Å²) in [6.45, 7) is 2.47. The van der Waals surface area contributed by atoms with Crippen molar-refractivity contribution in [2.45, 2.75) is 25.9 Å². The predicted octanol–water partition coefficient (Wildman–Crippen LogP) is 2.51. The van der Waals surface area contributed by atoms with Crippen LogP contribution in [0.25, 0.3) is 10.2 Å². The number of methoxy groups -OCH3 is 1. The smallest absolute Gasteiger partial charge is 0.350 e. The van der Waals surface area contributed by atoms with E-state index in [9.17, 15) is 9.59 Å². The molecule has 0 aliphatic carbocycles. The van der Waals surface area contributed by atoms with Crippen LogP contribution in [-0.4, -0.2) is 36.7 Å². The first-order valence-electron chi connectivity index (χ1n) is 7.01. The Morgan fingerprint density at radius 2 is 2.27 bits per heavy atom. The molecule has 0 spiro atoms. The Morgan fingerprint density at radius 3 is 2.95 bits per heavy atom. The maximum Gasteiger partial charge on any atom is 0.350 e. The number of thiophene rings is 1. The third-order valence-electron chi connectivity index (χ3n) is 3.54. The van der Waals surface area contributed by atoms with Gasteiger partial charge in [-0.05, 0) is 31.9 Å². The lowest BCUT2D eigenvalue weighted by Crippen LogP contribution is -2.27. The summed E-state index contributed by atoms with van der Waals surface area (Å²) >= 11 is 1.21. The maximum atomic E-state index is 12.3. The lowest BCUT2D eigenvalue weighted by Gasteiger charge is -2.11. The fourth-order valence-corrected chi connectivity index (χ4v) is 3.51. The molecule has 0 radical (unpaired) electrons. The van der Waals surface area contributed by atoms with Crippen LogP contribution in [0.2, 0.25) is 0 Å². The van der Waals surface area contributed by atoms with Gasteiger partial charge in [-0.1, -0.05) is 0 Å². The summed E-state index contributed by atoms with van der Waals surface area (Å²) < 4.78 is 10.2. The SMILES string of the molecule is COC(=O)c1sc2nc(C)ccc2c1NC(=O)[C@H]1CCCO1. The zero-order valence-electron chi connectivity index (χ0n) is 12.3. The van der Waals surface area contributed by atoms with Crippen LogP contribution in [0.4, 0.5) is 5.69 Å². The van der Waals surface area contributed by atoms with E-state index in [2.05, 4.69) is 10.3 Å². The molecular formula is C15H16N2O4S. The van der Waals surface area contributed by atoms with E-state index in [1.165, 1.54) is 18.4 Å². The number of aromatic nitrogens is 1. The molecular weight excluding hydrogens is 304 g/mol. The molecule has 1 atom stereocenters. The second kappa shape index (κ2) is 6.02. The first kappa shape index (κ1) is 14.9. The molecule has 0 bridgehead atoms. The van der Waals surface area contributed by atoms with Crippen molar-refractivity contribution in [3.05, 3.63) is 22.7 Å². The molecule has 2 aromatic rings. The van der Waals surface area contributed by atoms with Gasteiger partial charge in [0.15, 0.2) is 0 Å². The number of rotatable bonds is 3. The number of hydrogen-bond donors (Lipinski definition) is 1. The first-order valence-corrected chi connectivity index (χ1v) is 7.82. The van der Waals surface area contributed by atoms with Crippen molar-refractivity contribution in [2.24, 2.45) is 0 Å². The van der Waals surface area contributed by atoms with Crippen LogP contribution in [0.1, 0.15) is 28.2 Å². The van der Waals surface area contributed by atoms with Gasteiger partial charge in [0.1, 0.15) is 15.8 Å². The average molecular weight is 320 g/mol. The summed E-state index contributed by atoms with van der Waals surface area (Å²) in [6.07, 6.45) is 1.10. The number of carbonyl (C=O) groups is 2. The van der Waals surface area contributed by atoms with Gasteiger partial charge < -0.3 is 14.8 Å². The van der Waals surface area contributed by atoms with Crippen LogP contribution >= 0.6 is 11.3 Å². The van der Waals surface area contributed by atoms with Crippen LogP contribution in [0.15, 0.2) is 12.1 Å². The molecule has 116 valence electrons. The summed E-state index contributed by atoms with van der Waals surface area (Å²) in [5, 5.41) is 3.55. The van der Waals surface area contributed by atoms with E-state index in [1.54, 1.807) is 0 Å². The second-order valence-corrected chi connectivity index (χ2v) is 6.09. The number of amides is 1. The van der Waals surface area contributed by atoms with Crippen molar-refractivity contribution in [1.82, 2.24) is 4.98 Å². The van der Waals surface area contributed by atoms with Crippen molar-refractivity contribution in [3.8, 4) is 0 Å². The highest BCUT2D eigenvalue weighted by molar-refractivity contribution is 7.21. The predicted molar refractivity (Wildman–Crippen MR) is 83.3 cm³/mol. The van der Waals surface area contributed by atoms with E-state index >= 15 is 0 Å². The molecule has 1 N–H and O–H groups in total. The van der Waals surface area contributed by atoms with E-state index < -0.39 is 12.1 Å². The number of carbonyl (C=O) groups excluding carboxylic acids is 2. The second-order valence-electron chi connectivity index (χ2n) is 5.09. The van der Waals surface area contributed by atoms with Crippen molar-refractivity contribution >= 4 is 39.1 Å². The molecule has 1 saturated heterocycles. The van der Waals surface area contributed by atoms with E-state index in [1.807, 2.05) is 19.1 Å². The average Bonchev–Trinajstić information content (AvgIpc) is 3.14. The minimum atomic E-state index is -0.483. The molecule has 2 aromatic heterocycles. The molecule has 0 unspecified atom stereocenters. The lowest BCUT2D eigenvalue weighted by molar-refractivity contribution is -0.124. The molecule has 7 heteroatoms. The molecule has 0 saturated carbocycles. The molecule has 3 heterocycles. The Hall–Kier alpha value is -1.99. The number of aryl methyl sites for hydroxylation is 1. The largest absolute Gasteiger partial charge is 0.465 e. The van der Waals surface area contributed by atoms with Gasteiger partial charge >= 0.3 is 5.97 Å². The van der Waals surface area contributed by atoms with Gasteiger partial charge in [-0.2, -0.15) is 0 Å². The quantitative estimate of drug-likeness (QED) is 0.879. The highest BCUT2D eigenvalue weighted by atomic mass is 32.1. The number of ether oxygens (including phenoxy) is 2. The van der Waals surface area contributed by atoms with Crippen molar-refractivity contribution < 1.29 is 19.1 Å². The Bertz CT molecular complexity index is 734. The van der Waals surface area contributed by atoms with Gasteiger partial charge in [-0.3, -0.25) is 4.79 Å². The summed E-state index contributed by atoms with van der Waals surface area (Å²) in [6, 6.07) is 3.70. The fourth-order valence-electron chi connectivity index (χ4n) is 2.42. The minimum Gasteiger partial charge on any atom is -0.465 e. The standard InChI is InChI=1S/C15H16N2O4S/c1-8-5-6-9-11(17-13(18)10-4-3-7-21-10)12(15(19)20-2)22-14(9)16-8/h5-6,10H,3-4,7H2,1-2H3,(H,17,18)/t10-/m1/s1. The number of anilines is 1. The number of hydrogen-bond acceptors (Lipinski definition) is 6. The lowest BCUT2D eigenvalue weighted by atomic mass is 10.2. The molecule has 22 heavy (non-hydrogen) atoms. The van der Waals surface area contributed by atoms with Gasteiger partial charge in [0.25, 0.3) is 5.91 Å². The molecule has 6 nitrogen and oxygen atoms in total. The van der Waals surface area contributed by atoms with Crippen LogP contribution in [0.3, 0.4) is 0 Å². The maximum absolute atomic E-state index is 12.3. The molecule has 1 fully saturated rings. The van der Waals surface area contributed by atoms with Gasteiger partial charge in [0, 0.05) is 17.7 Å². The Labute approximate surface area is 131 Å².